The number of rotatable bonds is 0. The summed E-state index contributed by atoms with van der Waals surface area (Å²) in [6.45, 7) is 4.62. The minimum atomic E-state index is 0.893. The predicted octanol–water partition coefficient (Wildman–Crippen LogP) is 2.58. The molecule has 1 atom stereocenters. The third-order valence-corrected chi connectivity index (χ3v) is 4.60. The zero-order valence-corrected chi connectivity index (χ0v) is 8.84. The van der Waals surface area contributed by atoms with Crippen molar-refractivity contribution in [3.8, 4) is 0 Å². The van der Waals surface area contributed by atoms with Gasteiger partial charge in [0, 0.05) is 16.3 Å². The molecule has 3 rings (SSSR count). The van der Waals surface area contributed by atoms with E-state index in [2.05, 4.69) is 12.2 Å². The Bertz CT molecular complexity index is 340. The molecule has 0 fully saturated rings. The third-order valence-electron chi connectivity index (χ3n) is 3.43. The van der Waals surface area contributed by atoms with E-state index in [-0.39, 0.29) is 0 Å². The van der Waals surface area contributed by atoms with E-state index in [4.69, 9.17) is 0 Å². The highest BCUT2D eigenvalue weighted by molar-refractivity contribution is 7.12. The first-order chi connectivity index (χ1) is 6.36. The average molecular weight is 193 g/mol. The van der Waals surface area contributed by atoms with Gasteiger partial charge in [-0.15, -0.1) is 11.3 Å². The topological polar surface area (TPSA) is 12.0 Å². The van der Waals surface area contributed by atoms with Gasteiger partial charge in [-0.05, 0) is 49.8 Å². The van der Waals surface area contributed by atoms with Crippen molar-refractivity contribution in [3.05, 3.63) is 20.9 Å². The molecule has 0 aromatic carbocycles. The molecule has 2 heterocycles. The summed E-state index contributed by atoms with van der Waals surface area (Å²) in [4.78, 5) is 3.21. The monoisotopic (exact) mass is 193 g/mol. The molecule has 1 N–H and O–H groups in total. The summed E-state index contributed by atoms with van der Waals surface area (Å²) in [5.41, 5.74) is 3.45. The van der Waals surface area contributed by atoms with Crippen LogP contribution in [0.3, 0.4) is 0 Å². The molecule has 2 heteroatoms. The van der Waals surface area contributed by atoms with E-state index in [0.717, 1.165) is 12.5 Å². The highest BCUT2D eigenvalue weighted by atomic mass is 32.1. The van der Waals surface area contributed by atoms with E-state index in [1.807, 2.05) is 11.3 Å². The molecular weight excluding hydrogens is 178 g/mol. The van der Waals surface area contributed by atoms with Crippen molar-refractivity contribution < 1.29 is 0 Å². The van der Waals surface area contributed by atoms with Crippen LogP contribution >= 0.6 is 11.3 Å². The van der Waals surface area contributed by atoms with Gasteiger partial charge in [-0.1, -0.05) is 0 Å². The summed E-state index contributed by atoms with van der Waals surface area (Å²) in [6, 6.07) is 0. The van der Waals surface area contributed by atoms with E-state index in [0.29, 0.717) is 0 Å². The summed E-state index contributed by atoms with van der Waals surface area (Å²) in [6.07, 6.45) is 4.12. The smallest absolute Gasteiger partial charge is 0.0302 e. The van der Waals surface area contributed by atoms with Crippen LogP contribution in [0.25, 0.3) is 0 Å². The van der Waals surface area contributed by atoms with E-state index >= 15 is 0 Å². The number of nitrogens with one attached hydrogen (secondary N) is 1. The molecule has 0 saturated heterocycles. The minimum absolute atomic E-state index is 0.893. The SMILES string of the molecule is Cc1sc2c3c1CCC3CCNC2. The van der Waals surface area contributed by atoms with E-state index in [1.165, 1.54) is 25.8 Å². The molecule has 0 bridgehead atoms. The Morgan fingerprint density at radius 2 is 2.31 bits per heavy atom. The lowest BCUT2D eigenvalue weighted by atomic mass is 9.99. The Morgan fingerprint density at radius 1 is 1.38 bits per heavy atom. The van der Waals surface area contributed by atoms with Crippen LogP contribution in [0.2, 0.25) is 0 Å². The van der Waals surface area contributed by atoms with Gasteiger partial charge in [-0.3, -0.25) is 0 Å². The van der Waals surface area contributed by atoms with Gasteiger partial charge in [0.25, 0.3) is 0 Å². The molecule has 1 aromatic heterocycles. The van der Waals surface area contributed by atoms with E-state index < -0.39 is 0 Å². The van der Waals surface area contributed by atoms with Crippen LogP contribution in [0.4, 0.5) is 0 Å². The summed E-state index contributed by atoms with van der Waals surface area (Å²) < 4.78 is 0. The number of thiophene rings is 1. The van der Waals surface area contributed by atoms with Gasteiger partial charge in [0.05, 0.1) is 0 Å². The Hall–Kier alpha value is -0.340. The maximum absolute atomic E-state index is 3.52. The second-order valence-corrected chi connectivity index (χ2v) is 5.48. The van der Waals surface area contributed by atoms with Crippen molar-refractivity contribution in [1.82, 2.24) is 5.32 Å². The molecular formula is C11H15NS. The van der Waals surface area contributed by atoms with Gasteiger partial charge in [-0.25, -0.2) is 0 Å². The Morgan fingerprint density at radius 3 is 3.23 bits per heavy atom. The van der Waals surface area contributed by atoms with E-state index in [9.17, 15) is 0 Å². The molecule has 1 aromatic rings. The molecule has 1 nitrogen and oxygen atoms in total. The van der Waals surface area contributed by atoms with Crippen molar-refractivity contribution >= 4 is 11.3 Å². The predicted molar refractivity (Wildman–Crippen MR) is 56.4 cm³/mol. The Labute approximate surface area is 83.2 Å². The molecule has 1 aliphatic carbocycles. The standard InChI is InChI=1S/C11H15NS/c1-7-9-3-2-8-4-5-12-6-10(13-7)11(8)9/h8,12H,2-6H2,1H3. The van der Waals surface area contributed by atoms with E-state index in [1.54, 1.807) is 20.9 Å². The largest absolute Gasteiger partial charge is 0.312 e. The Balaban J connectivity index is 2.16. The number of aryl methyl sites for hydroxylation is 1. The van der Waals surface area contributed by atoms with Gasteiger partial charge < -0.3 is 5.32 Å². The fourth-order valence-electron chi connectivity index (χ4n) is 2.81. The molecule has 1 aliphatic heterocycles. The number of hydrogen-bond acceptors (Lipinski definition) is 2. The number of hydrogen-bond donors (Lipinski definition) is 1. The normalized spacial score (nSPS) is 25.8. The fraction of sp³-hybridized carbons (Fsp3) is 0.636. The maximum Gasteiger partial charge on any atom is 0.0302 e. The second-order valence-electron chi connectivity index (χ2n) is 4.17. The first kappa shape index (κ1) is 8.01. The summed E-state index contributed by atoms with van der Waals surface area (Å²) >= 11 is 2.02. The first-order valence-corrected chi connectivity index (χ1v) is 5.99. The molecule has 0 saturated carbocycles. The maximum atomic E-state index is 3.52. The van der Waals surface area contributed by atoms with Crippen LogP contribution < -0.4 is 5.32 Å². The molecule has 0 radical (unpaired) electrons. The lowest BCUT2D eigenvalue weighted by molar-refractivity contribution is 0.590. The van der Waals surface area contributed by atoms with Gasteiger partial charge in [0.15, 0.2) is 0 Å². The van der Waals surface area contributed by atoms with Crippen LogP contribution in [0.5, 0.6) is 0 Å². The molecule has 70 valence electrons. The third kappa shape index (κ3) is 1.09. The van der Waals surface area contributed by atoms with Crippen LogP contribution in [-0.4, -0.2) is 6.54 Å². The molecule has 2 aliphatic rings. The van der Waals surface area contributed by atoms with Crippen LogP contribution in [-0.2, 0) is 13.0 Å². The first-order valence-electron chi connectivity index (χ1n) is 5.18. The Kier molecular flexibility index (Phi) is 1.74. The van der Waals surface area contributed by atoms with Gasteiger partial charge in [0.2, 0.25) is 0 Å². The van der Waals surface area contributed by atoms with Crippen molar-refractivity contribution in [2.24, 2.45) is 0 Å². The minimum Gasteiger partial charge on any atom is -0.312 e. The van der Waals surface area contributed by atoms with Crippen molar-refractivity contribution in [2.75, 3.05) is 6.54 Å². The zero-order valence-electron chi connectivity index (χ0n) is 8.02. The lowest BCUT2D eigenvalue weighted by Gasteiger charge is -2.06. The fourth-order valence-corrected chi connectivity index (χ4v) is 4.08. The van der Waals surface area contributed by atoms with Crippen molar-refractivity contribution in [3.63, 3.8) is 0 Å². The van der Waals surface area contributed by atoms with Gasteiger partial charge >= 0.3 is 0 Å². The van der Waals surface area contributed by atoms with Crippen LogP contribution in [0.15, 0.2) is 0 Å². The second kappa shape index (κ2) is 2.82. The lowest BCUT2D eigenvalue weighted by Crippen LogP contribution is -2.12. The molecule has 13 heavy (non-hydrogen) atoms. The zero-order chi connectivity index (χ0) is 8.84. The van der Waals surface area contributed by atoms with Gasteiger partial charge in [-0.2, -0.15) is 0 Å². The van der Waals surface area contributed by atoms with Crippen LogP contribution in [0, 0.1) is 6.92 Å². The van der Waals surface area contributed by atoms with Crippen molar-refractivity contribution in [2.45, 2.75) is 38.6 Å². The average Bonchev–Trinajstić information content (AvgIpc) is 2.58. The highest BCUT2D eigenvalue weighted by Gasteiger charge is 2.29. The summed E-state index contributed by atoms with van der Waals surface area (Å²) in [5, 5.41) is 3.52. The summed E-state index contributed by atoms with van der Waals surface area (Å²) in [7, 11) is 0. The van der Waals surface area contributed by atoms with Crippen molar-refractivity contribution in [1.29, 1.82) is 0 Å². The quantitative estimate of drug-likeness (QED) is 0.668. The molecule has 0 amide bonds. The summed E-state index contributed by atoms with van der Waals surface area (Å²) in [5.74, 6) is 0.893. The molecule has 0 spiro atoms. The van der Waals surface area contributed by atoms with Crippen LogP contribution in [0.1, 0.15) is 39.6 Å². The van der Waals surface area contributed by atoms with Gasteiger partial charge in [0.1, 0.15) is 0 Å². The highest BCUT2D eigenvalue weighted by Crippen LogP contribution is 2.44. The molecule has 1 unspecified atom stereocenters.